The topological polar surface area (TPSA) is 86.3 Å². The van der Waals surface area contributed by atoms with Crippen molar-refractivity contribution in [3.05, 3.63) is 93.2 Å². The number of amides is 1. The zero-order chi connectivity index (χ0) is 20.1. The van der Waals surface area contributed by atoms with Crippen molar-refractivity contribution >= 4 is 35.0 Å². The maximum atomic E-state index is 13.4. The number of anilines is 1. The van der Waals surface area contributed by atoms with E-state index in [-0.39, 0.29) is 27.9 Å². The molecule has 1 amide bonds. The molecule has 3 rings (SSSR count). The number of nitrogens with one attached hydrogen (secondary N) is 3. The number of halogens is 3. The normalized spacial score (nSPS) is 11.2. The van der Waals surface area contributed by atoms with Crippen LogP contribution in [-0.2, 0) is 0 Å². The molecule has 0 fully saturated rings. The van der Waals surface area contributed by atoms with E-state index in [0.29, 0.717) is 5.69 Å². The van der Waals surface area contributed by atoms with Crippen LogP contribution in [0, 0.1) is 11.6 Å². The fourth-order valence-electron chi connectivity index (χ4n) is 2.20. The molecule has 3 N–H and O–H groups in total. The number of aromatic nitrogens is 1. The van der Waals surface area contributed by atoms with Gasteiger partial charge in [-0.3, -0.25) is 14.9 Å². The number of aromatic amines is 1. The number of hydrogen-bond acceptors (Lipinski definition) is 3. The Kier molecular flexibility index (Phi) is 5.81. The lowest BCUT2D eigenvalue weighted by atomic mass is 10.2. The Morgan fingerprint density at radius 1 is 1.04 bits per heavy atom. The molecule has 1 heterocycles. The lowest BCUT2D eigenvalue weighted by Gasteiger charge is -2.12. The van der Waals surface area contributed by atoms with Crippen molar-refractivity contribution in [3.63, 3.8) is 0 Å². The van der Waals surface area contributed by atoms with Gasteiger partial charge in [-0.1, -0.05) is 17.7 Å². The van der Waals surface area contributed by atoms with Crippen molar-refractivity contribution in [2.75, 3.05) is 5.32 Å². The fraction of sp³-hybridized carbons (Fsp3) is 0. The van der Waals surface area contributed by atoms with E-state index in [2.05, 4.69) is 20.6 Å². The molecule has 6 nitrogen and oxygen atoms in total. The van der Waals surface area contributed by atoms with Gasteiger partial charge in [0.15, 0.2) is 0 Å². The maximum absolute atomic E-state index is 13.4. The summed E-state index contributed by atoms with van der Waals surface area (Å²) in [6.07, 6.45) is 0. The summed E-state index contributed by atoms with van der Waals surface area (Å²) >= 11 is 5.77. The highest BCUT2D eigenvalue weighted by Crippen LogP contribution is 2.19. The molecular formula is C19H13ClF2N4O2. The van der Waals surface area contributed by atoms with Crippen LogP contribution in [0.15, 0.2) is 70.5 Å². The third-order valence-corrected chi connectivity index (χ3v) is 3.80. The number of benzene rings is 2. The minimum Gasteiger partial charge on any atom is -0.326 e. The molecule has 9 heteroatoms. The van der Waals surface area contributed by atoms with Crippen LogP contribution >= 0.6 is 11.6 Å². The van der Waals surface area contributed by atoms with Crippen LogP contribution < -0.4 is 16.2 Å². The van der Waals surface area contributed by atoms with E-state index < -0.39 is 17.5 Å². The highest BCUT2D eigenvalue weighted by atomic mass is 35.5. The Balaban J connectivity index is 1.91. The van der Waals surface area contributed by atoms with Crippen molar-refractivity contribution in [2.45, 2.75) is 0 Å². The van der Waals surface area contributed by atoms with E-state index in [1.54, 1.807) is 0 Å². The summed E-state index contributed by atoms with van der Waals surface area (Å²) in [6.45, 7) is 0. The standard InChI is InChI=1S/C19H13ClF2N4O2/c20-14-10-13(8-9-15(14)22)23-19(25-16-2-1-3-17(27)24-16)26-18(28)11-4-6-12(21)7-5-11/h1-10H,(H3,23,24,25,26,27,28). The van der Waals surface area contributed by atoms with Crippen LogP contribution in [0.25, 0.3) is 0 Å². The fourth-order valence-corrected chi connectivity index (χ4v) is 2.38. The number of pyridine rings is 1. The van der Waals surface area contributed by atoms with Crippen molar-refractivity contribution in [2.24, 2.45) is 4.99 Å². The average molecular weight is 403 g/mol. The number of carbonyl (C=O) groups is 1. The summed E-state index contributed by atoms with van der Waals surface area (Å²) < 4.78 is 26.4. The van der Waals surface area contributed by atoms with Crippen molar-refractivity contribution in [3.8, 4) is 0 Å². The van der Waals surface area contributed by atoms with Crippen LogP contribution in [0.2, 0.25) is 5.02 Å². The molecule has 0 atom stereocenters. The first-order valence-corrected chi connectivity index (χ1v) is 8.35. The van der Waals surface area contributed by atoms with Gasteiger partial charge in [-0.25, -0.2) is 8.78 Å². The lowest BCUT2D eigenvalue weighted by molar-refractivity contribution is 0.0977. The second-order valence-corrected chi connectivity index (χ2v) is 5.98. The predicted molar refractivity (Wildman–Crippen MR) is 103 cm³/mol. The van der Waals surface area contributed by atoms with Gasteiger partial charge in [0.25, 0.3) is 5.91 Å². The van der Waals surface area contributed by atoms with E-state index in [1.807, 2.05) is 0 Å². The Morgan fingerprint density at radius 2 is 1.79 bits per heavy atom. The van der Waals surface area contributed by atoms with Crippen LogP contribution in [0.3, 0.4) is 0 Å². The summed E-state index contributed by atoms with van der Waals surface area (Å²) in [7, 11) is 0. The number of rotatable bonds is 3. The molecule has 0 aliphatic heterocycles. The molecular weight excluding hydrogens is 390 g/mol. The minimum absolute atomic E-state index is 0.0566. The van der Waals surface area contributed by atoms with Crippen molar-refractivity contribution in [1.82, 2.24) is 10.3 Å². The molecule has 0 saturated carbocycles. The molecule has 0 saturated heterocycles. The van der Waals surface area contributed by atoms with Crippen LogP contribution in [0.5, 0.6) is 0 Å². The molecule has 0 spiro atoms. The smallest absolute Gasteiger partial charge is 0.257 e. The number of hydrogen-bond donors (Lipinski definition) is 3. The first kappa shape index (κ1) is 19.2. The predicted octanol–water partition coefficient (Wildman–Crippen LogP) is 3.84. The number of H-pyrrole nitrogens is 1. The van der Waals surface area contributed by atoms with E-state index in [0.717, 1.165) is 18.2 Å². The molecule has 0 bridgehead atoms. The van der Waals surface area contributed by atoms with Crippen LogP contribution in [0.4, 0.5) is 20.3 Å². The quantitative estimate of drug-likeness (QED) is 0.459. The van der Waals surface area contributed by atoms with Crippen molar-refractivity contribution in [1.29, 1.82) is 0 Å². The molecule has 1 aromatic heterocycles. The Bertz CT molecular complexity index is 1100. The van der Waals surface area contributed by atoms with Gasteiger partial charge in [-0.15, -0.1) is 0 Å². The molecule has 3 aromatic rings. The molecule has 0 aliphatic carbocycles. The van der Waals surface area contributed by atoms with Gasteiger partial charge in [-0.2, -0.15) is 4.99 Å². The molecule has 0 unspecified atom stereocenters. The monoisotopic (exact) mass is 402 g/mol. The number of aliphatic imine (C=N–C) groups is 1. The summed E-state index contributed by atoms with van der Waals surface area (Å²) in [4.78, 5) is 30.5. The average Bonchev–Trinajstić information content (AvgIpc) is 2.65. The highest BCUT2D eigenvalue weighted by Gasteiger charge is 2.11. The first-order chi connectivity index (χ1) is 13.4. The van der Waals surface area contributed by atoms with Gasteiger partial charge in [0, 0.05) is 17.3 Å². The maximum Gasteiger partial charge on any atom is 0.257 e. The third kappa shape index (κ3) is 5.01. The zero-order valence-electron chi connectivity index (χ0n) is 14.2. The van der Waals surface area contributed by atoms with Gasteiger partial charge in [-0.05, 0) is 48.5 Å². The SMILES string of the molecule is O=C(N/C(=N/c1cccc(=O)[nH]1)Nc1ccc(F)c(Cl)c1)c1ccc(F)cc1. The lowest BCUT2D eigenvalue weighted by Crippen LogP contribution is -2.36. The summed E-state index contributed by atoms with van der Waals surface area (Å²) in [6, 6.07) is 13.1. The zero-order valence-corrected chi connectivity index (χ0v) is 14.9. The Hall–Kier alpha value is -3.52. The highest BCUT2D eigenvalue weighted by molar-refractivity contribution is 6.31. The Morgan fingerprint density at radius 3 is 2.46 bits per heavy atom. The van der Waals surface area contributed by atoms with Gasteiger partial charge in [0.1, 0.15) is 17.5 Å². The first-order valence-electron chi connectivity index (χ1n) is 7.98. The van der Waals surface area contributed by atoms with Crippen LogP contribution in [-0.4, -0.2) is 16.9 Å². The van der Waals surface area contributed by atoms with Gasteiger partial charge < -0.3 is 10.3 Å². The summed E-state index contributed by atoms with van der Waals surface area (Å²) in [5, 5.41) is 5.20. The van der Waals surface area contributed by atoms with E-state index in [9.17, 15) is 18.4 Å². The molecule has 0 radical (unpaired) electrons. The number of guanidine groups is 1. The second kappa shape index (κ2) is 8.45. The van der Waals surface area contributed by atoms with E-state index >= 15 is 0 Å². The minimum atomic E-state index is -0.603. The van der Waals surface area contributed by atoms with Crippen LogP contribution in [0.1, 0.15) is 10.4 Å². The largest absolute Gasteiger partial charge is 0.326 e. The van der Waals surface area contributed by atoms with E-state index in [1.165, 1.54) is 42.5 Å². The molecule has 2 aromatic carbocycles. The van der Waals surface area contributed by atoms with Gasteiger partial charge in [0.2, 0.25) is 11.5 Å². The molecule has 0 aliphatic rings. The number of carbonyl (C=O) groups excluding carboxylic acids is 1. The third-order valence-electron chi connectivity index (χ3n) is 3.51. The summed E-state index contributed by atoms with van der Waals surface area (Å²) in [5.41, 5.74) is 0.160. The Labute approximate surface area is 162 Å². The van der Waals surface area contributed by atoms with E-state index in [4.69, 9.17) is 11.6 Å². The van der Waals surface area contributed by atoms with Crippen molar-refractivity contribution < 1.29 is 13.6 Å². The molecule has 28 heavy (non-hydrogen) atoms. The van der Waals surface area contributed by atoms with Gasteiger partial charge >= 0.3 is 0 Å². The summed E-state index contributed by atoms with van der Waals surface area (Å²) in [5.74, 6) is -1.54. The van der Waals surface area contributed by atoms with Gasteiger partial charge in [0.05, 0.1) is 5.02 Å². The number of nitrogens with zero attached hydrogens (tertiary/aromatic N) is 1. The second-order valence-electron chi connectivity index (χ2n) is 5.58. The molecule has 142 valence electrons.